The molecular weight excluding hydrogens is 524 g/mol. The number of ether oxygens (including phenoxy) is 2. The van der Waals surface area contributed by atoms with Crippen LogP contribution in [0.25, 0.3) is 36.6 Å². The summed E-state index contributed by atoms with van der Waals surface area (Å²) in [6.07, 6.45) is 1.29. The number of carbonyl (C=O) groups excluding carboxylic acids is 1. The molecule has 0 fully saturated rings. The van der Waals surface area contributed by atoms with Crippen LogP contribution in [0.4, 0.5) is 0 Å². The monoisotopic (exact) mass is 549 g/mol. The number of aromatic nitrogens is 5. The van der Waals surface area contributed by atoms with Crippen molar-refractivity contribution in [1.29, 1.82) is 0 Å². The number of benzene rings is 3. The third kappa shape index (κ3) is 4.69. The fraction of sp³-hybridized carbons (Fsp3) is 0.133. The smallest absolute Gasteiger partial charge is 0.273 e. The van der Waals surface area contributed by atoms with E-state index in [0.717, 1.165) is 53.4 Å². The highest BCUT2D eigenvalue weighted by Gasteiger charge is 2.29. The van der Waals surface area contributed by atoms with Crippen LogP contribution in [-0.4, -0.2) is 45.5 Å². The van der Waals surface area contributed by atoms with Crippen LogP contribution >= 0.6 is 10.5 Å². The number of nitrogens with zero attached hydrogens (tertiary/aromatic N) is 5. The molecule has 3 aromatic carbocycles. The fourth-order valence-corrected chi connectivity index (χ4v) is 7.02. The second-order valence-corrected chi connectivity index (χ2v) is 11.0. The van der Waals surface area contributed by atoms with Gasteiger partial charge < -0.3 is 14.8 Å². The summed E-state index contributed by atoms with van der Waals surface area (Å²) >= 11 is 0. The molecule has 1 amide bonds. The van der Waals surface area contributed by atoms with Gasteiger partial charge in [-0.25, -0.2) is 0 Å². The Kier molecular flexibility index (Phi) is 6.75. The van der Waals surface area contributed by atoms with Gasteiger partial charge in [0.2, 0.25) is 10.5 Å². The average molecular weight is 550 g/mol. The Morgan fingerprint density at radius 3 is 2.45 bits per heavy atom. The van der Waals surface area contributed by atoms with Crippen LogP contribution in [0.1, 0.15) is 21.6 Å². The number of thiophene rings is 1. The molecule has 1 N–H and O–H groups in total. The van der Waals surface area contributed by atoms with Crippen LogP contribution in [0.2, 0.25) is 0 Å². The number of hydrogen-bond donors (Lipinski definition) is 1. The average Bonchev–Trinajstić information content (AvgIpc) is 3.33. The van der Waals surface area contributed by atoms with Gasteiger partial charge in [-0.1, -0.05) is 42.0 Å². The van der Waals surface area contributed by atoms with E-state index in [0.29, 0.717) is 18.1 Å². The summed E-state index contributed by atoms with van der Waals surface area (Å²) in [6.45, 7) is 2.43. The Bertz CT molecular complexity index is 1860. The summed E-state index contributed by atoms with van der Waals surface area (Å²) < 4.78 is 13.6. The van der Waals surface area contributed by atoms with Crippen molar-refractivity contribution in [3.63, 3.8) is 0 Å². The highest BCUT2D eigenvalue weighted by molar-refractivity contribution is 7.50. The zero-order valence-electron chi connectivity index (χ0n) is 22.1. The van der Waals surface area contributed by atoms with Crippen LogP contribution in [0.15, 0.2) is 79.1 Å². The van der Waals surface area contributed by atoms with Crippen molar-refractivity contribution in [2.45, 2.75) is 13.5 Å². The third-order valence-electron chi connectivity index (χ3n) is 6.57. The van der Waals surface area contributed by atoms with Crippen LogP contribution in [0.3, 0.4) is 0 Å². The van der Waals surface area contributed by atoms with E-state index in [1.54, 1.807) is 20.3 Å². The first-order valence-electron chi connectivity index (χ1n) is 12.5. The predicted molar refractivity (Wildman–Crippen MR) is 155 cm³/mol. The third-order valence-corrected chi connectivity index (χ3v) is 8.84. The van der Waals surface area contributed by atoms with Gasteiger partial charge in [-0.15, -0.1) is 20.4 Å². The quantitative estimate of drug-likeness (QED) is 0.255. The van der Waals surface area contributed by atoms with Gasteiger partial charge in [-0.3, -0.25) is 4.79 Å². The van der Waals surface area contributed by atoms with Gasteiger partial charge in [-0.05, 0) is 36.8 Å². The number of methoxy groups -OCH3 is 2. The number of amides is 1. The van der Waals surface area contributed by atoms with E-state index in [9.17, 15) is 4.79 Å². The van der Waals surface area contributed by atoms with Gasteiger partial charge >= 0.3 is 0 Å². The number of nitrogens with one attached hydrogen (secondary N) is 1. The van der Waals surface area contributed by atoms with E-state index in [1.807, 2.05) is 48.5 Å². The molecule has 10 heteroatoms. The predicted octanol–water partition coefficient (Wildman–Crippen LogP) is 5.63. The molecule has 40 heavy (non-hydrogen) atoms. The van der Waals surface area contributed by atoms with Gasteiger partial charge in [0.25, 0.3) is 10.9 Å². The summed E-state index contributed by atoms with van der Waals surface area (Å²) in [4.78, 5) is 18.0. The minimum Gasteiger partial charge on any atom is -0.497 e. The minimum absolute atomic E-state index is 0.250. The van der Waals surface area contributed by atoms with Crippen molar-refractivity contribution >= 4 is 36.5 Å². The largest absolute Gasteiger partial charge is 0.497 e. The minimum atomic E-state index is -0.552. The first-order chi connectivity index (χ1) is 19.6. The van der Waals surface area contributed by atoms with Crippen LogP contribution in [0.5, 0.6) is 11.5 Å². The Labute approximate surface area is 232 Å². The van der Waals surface area contributed by atoms with Crippen LogP contribution in [-0.2, 0) is 6.54 Å². The first kappa shape index (κ1) is 25.3. The summed E-state index contributed by atoms with van der Waals surface area (Å²) in [6, 6.07) is 23.5. The molecule has 6 aromatic rings. The van der Waals surface area contributed by atoms with E-state index in [1.165, 1.54) is 6.33 Å². The van der Waals surface area contributed by atoms with Crippen molar-refractivity contribution in [3.05, 3.63) is 95.9 Å². The standard InChI is InChI=1S/C30H24N6O3S/c1-18-7-12-26-22(13-18)23-14-21(38-2)15-25(39-3)28(23)40(26)27-6-4-5-24(34-27)30(37)31-16-19-8-10-20(11-9-19)29-35-32-17-33-36-29/h4-15,17H,16H2,1-3H3/p+1. The van der Waals surface area contributed by atoms with Gasteiger partial charge in [0, 0.05) is 29.6 Å². The number of hydrogen-bond acceptors (Lipinski definition) is 8. The van der Waals surface area contributed by atoms with Crippen molar-refractivity contribution in [1.82, 2.24) is 30.7 Å². The van der Waals surface area contributed by atoms with Crippen molar-refractivity contribution in [2.24, 2.45) is 0 Å². The molecule has 3 heterocycles. The Balaban J connectivity index is 1.32. The molecule has 6 rings (SSSR count). The van der Waals surface area contributed by atoms with Gasteiger partial charge in [0.05, 0.1) is 30.1 Å². The maximum absolute atomic E-state index is 13.2. The van der Waals surface area contributed by atoms with E-state index >= 15 is 0 Å². The van der Waals surface area contributed by atoms with Gasteiger partial charge in [-0.2, -0.15) is 4.98 Å². The molecule has 0 aliphatic carbocycles. The highest BCUT2D eigenvalue weighted by Crippen LogP contribution is 2.52. The lowest BCUT2D eigenvalue weighted by Gasteiger charge is -2.06. The molecule has 9 nitrogen and oxygen atoms in total. The molecule has 0 saturated heterocycles. The molecule has 0 saturated carbocycles. The molecule has 0 spiro atoms. The van der Waals surface area contributed by atoms with Crippen molar-refractivity contribution in [2.75, 3.05) is 14.2 Å². The summed E-state index contributed by atoms with van der Waals surface area (Å²) in [5.41, 5.74) is 3.24. The summed E-state index contributed by atoms with van der Waals surface area (Å²) in [7, 11) is 2.76. The number of fused-ring (bicyclic) bond motifs is 3. The van der Waals surface area contributed by atoms with E-state index in [-0.39, 0.29) is 5.91 Å². The lowest BCUT2D eigenvalue weighted by Crippen LogP contribution is -2.23. The maximum atomic E-state index is 13.2. The Hall–Kier alpha value is -4.96. The van der Waals surface area contributed by atoms with E-state index < -0.39 is 10.5 Å². The molecule has 0 aliphatic rings. The second-order valence-electron chi connectivity index (χ2n) is 9.12. The second kappa shape index (κ2) is 10.7. The van der Waals surface area contributed by atoms with Crippen molar-refractivity contribution in [3.8, 4) is 27.9 Å². The number of rotatable bonds is 7. The Morgan fingerprint density at radius 1 is 0.900 bits per heavy atom. The summed E-state index contributed by atoms with van der Waals surface area (Å²) in [5.74, 6) is 1.66. The lowest BCUT2D eigenvalue weighted by molar-refractivity contribution is 0.0946. The lowest BCUT2D eigenvalue weighted by atomic mass is 10.1. The molecule has 0 radical (unpaired) electrons. The fourth-order valence-electron chi connectivity index (χ4n) is 4.64. The SMILES string of the molecule is COc1cc(OC)c2c(c1)c1cc(C)ccc1[s+]2-c1cccc(C(=O)NCc2ccc(-c3nncnn3)cc2)n1. The molecule has 198 valence electrons. The molecule has 0 bridgehead atoms. The number of aryl methyl sites for hydroxylation is 1. The van der Waals surface area contributed by atoms with Crippen LogP contribution < -0.4 is 14.8 Å². The van der Waals surface area contributed by atoms with Gasteiger partial charge in [0.1, 0.15) is 11.4 Å². The van der Waals surface area contributed by atoms with Crippen LogP contribution in [0, 0.1) is 6.92 Å². The molecule has 3 aromatic heterocycles. The number of carbonyl (C=O) groups is 1. The highest BCUT2D eigenvalue weighted by atomic mass is 32.2. The zero-order valence-corrected chi connectivity index (χ0v) is 22.9. The van der Waals surface area contributed by atoms with Crippen molar-refractivity contribution < 1.29 is 14.3 Å². The maximum Gasteiger partial charge on any atom is 0.273 e. The normalized spacial score (nSPS) is 11.5. The molecule has 1 unspecified atom stereocenters. The van der Waals surface area contributed by atoms with E-state index in [4.69, 9.17) is 14.5 Å². The van der Waals surface area contributed by atoms with E-state index in [2.05, 4.69) is 50.8 Å². The number of pyridine rings is 1. The summed E-state index contributed by atoms with van der Waals surface area (Å²) in [5, 5.41) is 21.4. The molecule has 0 aliphatic heterocycles. The van der Waals surface area contributed by atoms with Gasteiger partial charge in [0.15, 0.2) is 16.8 Å². The topological polar surface area (TPSA) is 112 Å². The molecule has 1 atom stereocenters. The first-order valence-corrected chi connectivity index (χ1v) is 13.7. The Morgan fingerprint density at radius 2 is 1.70 bits per heavy atom. The zero-order chi connectivity index (χ0) is 27.6. The molecular formula is C30H25N6O3S+.